The van der Waals surface area contributed by atoms with Gasteiger partial charge in [-0.05, 0) is 19.5 Å². The summed E-state index contributed by atoms with van der Waals surface area (Å²) < 4.78 is 0. The van der Waals surface area contributed by atoms with E-state index in [1.165, 1.54) is 6.33 Å². The van der Waals surface area contributed by atoms with Crippen molar-refractivity contribution in [2.75, 3.05) is 36.9 Å². The first-order chi connectivity index (χ1) is 9.26. The molecule has 0 saturated carbocycles. The van der Waals surface area contributed by atoms with Crippen LogP contribution in [0.3, 0.4) is 0 Å². The summed E-state index contributed by atoms with van der Waals surface area (Å²) in [7, 11) is 0. The van der Waals surface area contributed by atoms with Crippen LogP contribution in [0.15, 0.2) is 6.33 Å². The Morgan fingerprint density at radius 2 is 1.84 bits per heavy atom. The van der Waals surface area contributed by atoms with E-state index in [1.807, 2.05) is 0 Å². The Bertz CT molecular complexity index is 364. The molecular weight excluding hydrogens is 240 g/mol. The van der Waals surface area contributed by atoms with Gasteiger partial charge in [-0.2, -0.15) is 0 Å². The molecule has 6 heteroatoms. The maximum Gasteiger partial charge on any atom is 0.148 e. The molecular formula is C13H26N6. The predicted octanol–water partition coefficient (Wildman–Crippen LogP) is 1.47. The molecule has 0 radical (unpaired) electrons. The maximum atomic E-state index is 5.49. The van der Waals surface area contributed by atoms with Gasteiger partial charge in [0.2, 0.25) is 0 Å². The average molecular weight is 266 g/mol. The summed E-state index contributed by atoms with van der Waals surface area (Å²) in [5.41, 5.74) is 3.70. The van der Waals surface area contributed by atoms with Crippen molar-refractivity contribution in [2.45, 2.75) is 33.6 Å². The van der Waals surface area contributed by atoms with Crippen molar-refractivity contribution in [1.29, 1.82) is 0 Å². The first-order valence-electron chi connectivity index (χ1n) is 7.03. The number of hydrazine groups is 1. The van der Waals surface area contributed by atoms with Crippen LogP contribution >= 0.6 is 0 Å². The van der Waals surface area contributed by atoms with Gasteiger partial charge in [-0.15, -0.1) is 0 Å². The van der Waals surface area contributed by atoms with E-state index in [9.17, 15) is 0 Å². The SMILES string of the molecule is CCCc1c(NN)ncnc1NCCN(CC)CC. The van der Waals surface area contributed by atoms with Crippen LogP contribution < -0.4 is 16.6 Å². The Hall–Kier alpha value is -1.40. The molecule has 1 rings (SSSR count). The Labute approximate surface area is 115 Å². The van der Waals surface area contributed by atoms with Crippen LogP contribution in [0.2, 0.25) is 0 Å². The highest BCUT2D eigenvalue weighted by Gasteiger charge is 2.09. The molecule has 0 spiro atoms. The van der Waals surface area contributed by atoms with Crippen LogP contribution in [-0.2, 0) is 6.42 Å². The number of hydrogen-bond donors (Lipinski definition) is 3. The second-order valence-corrected chi connectivity index (χ2v) is 4.40. The molecule has 108 valence electrons. The van der Waals surface area contributed by atoms with E-state index in [0.717, 1.165) is 50.4 Å². The fourth-order valence-corrected chi connectivity index (χ4v) is 2.05. The first-order valence-corrected chi connectivity index (χ1v) is 7.03. The summed E-state index contributed by atoms with van der Waals surface area (Å²) in [4.78, 5) is 10.8. The van der Waals surface area contributed by atoms with Gasteiger partial charge in [-0.1, -0.05) is 27.2 Å². The molecule has 0 bridgehead atoms. The van der Waals surface area contributed by atoms with Gasteiger partial charge in [0, 0.05) is 18.7 Å². The minimum atomic E-state index is 0.710. The van der Waals surface area contributed by atoms with Crippen LogP contribution in [0.1, 0.15) is 32.8 Å². The number of aromatic nitrogens is 2. The quantitative estimate of drug-likeness (QED) is 0.464. The van der Waals surface area contributed by atoms with Gasteiger partial charge in [0.05, 0.1) is 0 Å². The predicted molar refractivity (Wildman–Crippen MR) is 80.1 cm³/mol. The molecule has 0 saturated heterocycles. The van der Waals surface area contributed by atoms with Gasteiger partial charge >= 0.3 is 0 Å². The molecule has 4 N–H and O–H groups in total. The van der Waals surface area contributed by atoms with E-state index >= 15 is 0 Å². The van der Waals surface area contributed by atoms with E-state index in [4.69, 9.17) is 5.84 Å². The number of nitrogens with zero attached hydrogens (tertiary/aromatic N) is 3. The van der Waals surface area contributed by atoms with Gasteiger partial charge in [-0.25, -0.2) is 15.8 Å². The summed E-state index contributed by atoms with van der Waals surface area (Å²) in [5.74, 6) is 7.09. The number of nitrogen functional groups attached to an aromatic ring is 1. The highest BCUT2D eigenvalue weighted by molar-refractivity contribution is 5.56. The molecule has 0 amide bonds. The van der Waals surface area contributed by atoms with Crippen molar-refractivity contribution in [2.24, 2.45) is 5.84 Å². The molecule has 1 aromatic heterocycles. The number of nitrogens with two attached hydrogens (primary N) is 1. The van der Waals surface area contributed by atoms with Crippen LogP contribution in [0, 0.1) is 0 Å². The third-order valence-electron chi connectivity index (χ3n) is 3.20. The van der Waals surface area contributed by atoms with Crippen LogP contribution in [-0.4, -0.2) is 41.0 Å². The molecule has 19 heavy (non-hydrogen) atoms. The van der Waals surface area contributed by atoms with Gasteiger partial charge in [0.1, 0.15) is 18.0 Å². The van der Waals surface area contributed by atoms with Gasteiger partial charge in [0.15, 0.2) is 0 Å². The fraction of sp³-hybridized carbons (Fsp3) is 0.692. The molecule has 1 aromatic rings. The van der Waals surface area contributed by atoms with Crippen molar-refractivity contribution < 1.29 is 0 Å². The monoisotopic (exact) mass is 266 g/mol. The van der Waals surface area contributed by atoms with Crippen molar-refractivity contribution in [1.82, 2.24) is 14.9 Å². The number of nitrogens with one attached hydrogen (secondary N) is 2. The van der Waals surface area contributed by atoms with Gasteiger partial charge in [0.25, 0.3) is 0 Å². The normalized spacial score (nSPS) is 10.8. The topological polar surface area (TPSA) is 79.1 Å². The summed E-state index contributed by atoms with van der Waals surface area (Å²) >= 11 is 0. The highest BCUT2D eigenvalue weighted by Crippen LogP contribution is 2.20. The summed E-state index contributed by atoms with van der Waals surface area (Å²) in [6, 6.07) is 0. The molecule has 1 heterocycles. The second kappa shape index (κ2) is 8.66. The number of anilines is 2. The van der Waals surface area contributed by atoms with Crippen molar-refractivity contribution in [3.63, 3.8) is 0 Å². The fourth-order valence-electron chi connectivity index (χ4n) is 2.05. The lowest BCUT2D eigenvalue weighted by Gasteiger charge is -2.19. The smallest absolute Gasteiger partial charge is 0.148 e. The van der Waals surface area contributed by atoms with Crippen molar-refractivity contribution >= 4 is 11.6 Å². The molecule has 0 fully saturated rings. The summed E-state index contributed by atoms with van der Waals surface area (Å²) in [5, 5.41) is 3.38. The second-order valence-electron chi connectivity index (χ2n) is 4.40. The lowest BCUT2D eigenvalue weighted by atomic mass is 10.1. The lowest BCUT2D eigenvalue weighted by Crippen LogP contribution is -2.29. The lowest BCUT2D eigenvalue weighted by molar-refractivity contribution is 0.316. The van der Waals surface area contributed by atoms with E-state index in [1.54, 1.807) is 0 Å². The average Bonchev–Trinajstić information content (AvgIpc) is 2.45. The zero-order chi connectivity index (χ0) is 14.1. The minimum Gasteiger partial charge on any atom is -0.368 e. The molecule has 0 aromatic carbocycles. The molecule has 0 aliphatic carbocycles. The third-order valence-corrected chi connectivity index (χ3v) is 3.20. The van der Waals surface area contributed by atoms with Crippen LogP contribution in [0.25, 0.3) is 0 Å². The van der Waals surface area contributed by atoms with E-state index in [-0.39, 0.29) is 0 Å². The molecule has 0 unspecified atom stereocenters. The Morgan fingerprint density at radius 3 is 2.42 bits per heavy atom. The standard InChI is InChI=1S/C13H26N6/c1-4-7-11-12(16-10-17-13(11)18-14)15-8-9-19(5-2)6-3/h10H,4-9,14H2,1-3H3,(H2,15,16,17,18). The van der Waals surface area contributed by atoms with E-state index in [2.05, 4.69) is 46.4 Å². The Balaban J connectivity index is 2.66. The van der Waals surface area contributed by atoms with Gasteiger partial charge < -0.3 is 15.6 Å². The van der Waals surface area contributed by atoms with Crippen LogP contribution in [0.4, 0.5) is 11.6 Å². The highest BCUT2D eigenvalue weighted by atomic mass is 15.3. The van der Waals surface area contributed by atoms with Crippen LogP contribution in [0.5, 0.6) is 0 Å². The van der Waals surface area contributed by atoms with Crippen molar-refractivity contribution in [3.05, 3.63) is 11.9 Å². The zero-order valence-corrected chi connectivity index (χ0v) is 12.2. The molecule has 0 aliphatic heterocycles. The number of likely N-dealkylation sites (N-methyl/N-ethyl adjacent to an activating group) is 1. The summed E-state index contributed by atoms with van der Waals surface area (Å²) in [6.07, 6.45) is 3.48. The molecule has 0 aliphatic rings. The van der Waals surface area contributed by atoms with E-state index in [0.29, 0.717) is 5.82 Å². The summed E-state index contributed by atoms with van der Waals surface area (Å²) in [6.45, 7) is 10.5. The maximum absolute atomic E-state index is 5.49. The minimum absolute atomic E-state index is 0.710. The van der Waals surface area contributed by atoms with E-state index < -0.39 is 0 Å². The van der Waals surface area contributed by atoms with Crippen molar-refractivity contribution in [3.8, 4) is 0 Å². The third kappa shape index (κ3) is 4.65. The zero-order valence-electron chi connectivity index (χ0n) is 12.2. The first kappa shape index (κ1) is 15.7. The molecule has 6 nitrogen and oxygen atoms in total. The Morgan fingerprint density at radius 1 is 1.16 bits per heavy atom. The number of hydrogen-bond acceptors (Lipinski definition) is 6. The number of rotatable bonds is 9. The van der Waals surface area contributed by atoms with Gasteiger partial charge in [-0.3, -0.25) is 0 Å². The Kier molecular flexibility index (Phi) is 7.14. The molecule has 0 atom stereocenters. The largest absolute Gasteiger partial charge is 0.368 e.